The molecule has 1 aliphatic rings. The van der Waals surface area contributed by atoms with Crippen LogP contribution in [0.25, 0.3) is 0 Å². The molecule has 5 nitrogen and oxygen atoms in total. The summed E-state index contributed by atoms with van der Waals surface area (Å²) in [5.41, 5.74) is 1.15. The zero-order chi connectivity index (χ0) is 19.4. The van der Waals surface area contributed by atoms with E-state index in [9.17, 15) is 18.4 Å². The Kier molecular flexibility index (Phi) is 5.91. The molecule has 0 saturated carbocycles. The van der Waals surface area contributed by atoms with Crippen molar-refractivity contribution in [1.29, 1.82) is 0 Å². The predicted octanol–water partition coefficient (Wildman–Crippen LogP) is 3.88. The molecule has 1 saturated heterocycles. The molecular formula is C19H18ClF2N3O2. The summed E-state index contributed by atoms with van der Waals surface area (Å²) in [5, 5.41) is 2.56. The molecule has 2 aromatic rings. The van der Waals surface area contributed by atoms with E-state index in [2.05, 4.69) is 5.32 Å². The number of rotatable bonds is 4. The van der Waals surface area contributed by atoms with Gasteiger partial charge < -0.3 is 15.1 Å². The Morgan fingerprint density at radius 2 is 2.00 bits per heavy atom. The van der Waals surface area contributed by atoms with E-state index in [0.29, 0.717) is 18.7 Å². The number of nitrogens with one attached hydrogen (secondary N) is 1. The summed E-state index contributed by atoms with van der Waals surface area (Å²) in [5.74, 6) is -0.946. The normalized spacial score (nSPS) is 14.4. The lowest BCUT2D eigenvalue weighted by Crippen LogP contribution is -2.52. The van der Waals surface area contributed by atoms with Gasteiger partial charge in [0, 0.05) is 25.2 Å². The summed E-state index contributed by atoms with van der Waals surface area (Å²) >= 11 is 5.72. The molecule has 1 N–H and O–H groups in total. The van der Waals surface area contributed by atoms with Crippen LogP contribution in [0, 0.1) is 11.6 Å². The number of amides is 3. The zero-order valence-corrected chi connectivity index (χ0v) is 15.2. The monoisotopic (exact) mass is 393 g/mol. The topological polar surface area (TPSA) is 52.7 Å². The highest BCUT2D eigenvalue weighted by Gasteiger charge is 2.26. The highest BCUT2D eigenvalue weighted by Crippen LogP contribution is 2.20. The van der Waals surface area contributed by atoms with Gasteiger partial charge in [-0.05, 0) is 42.3 Å². The number of urea groups is 1. The van der Waals surface area contributed by atoms with Crippen molar-refractivity contribution >= 4 is 29.2 Å². The molecule has 1 fully saturated rings. The first-order chi connectivity index (χ1) is 12.9. The first-order valence-corrected chi connectivity index (χ1v) is 8.83. The fourth-order valence-corrected chi connectivity index (χ4v) is 3.02. The fourth-order valence-electron chi connectivity index (χ4n) is 2.84. The molecule has 8 heteroatoms. The Morgan fingerprint density at radius 1 is 1.19 bits per heavy atom. The summed E-state index contributed by atoms with van der Waals surface area (Å²) in [6, 6.07) is 9.71. The van der Waals surface area contributed by atoms with E-state index in [1.54, 1.807) is 17.0 Å². The van der Waals surface area contributed by atoms with Crippen LogP contribution in [0.3, 0.4) is 0 Å². The van der Waals surface area contributed by atoms with Crippen molar-refractivity contribution in [3.05, 3.63) is 64.7 Å². The van der Waals surface area contributed by atoms with Gasteiger partial charge in [-0.3, -0.25) is 4.79 Å². The van der Waals surface area contributed by atoms with Gasteiger partial charge in [0.1, 0.15) is 11.6 Å². The van der Waals surface area contributed by atoms with Crippen molar-refractivity contribution in [2.45, 2.75) is 12.8 Å². The van der Waals surface area contributed by atoms with Crippen molar-refractivity contribution < 1.29 is 18.4 Å². The van der Waals surface area contributed by atoms with Crippen LogP contribution >= 0.6 is 11.6 Å². The zero-order valence-electron chi connectivity index (χ0n) is 14.4. The summed E-state index contributed by atoms with van der Waals surface area (Å²) in [6.07, 6.45) is 0.702. The lowest BCUT2D eigenvalue weighted by molar-refractivity contribution is -0.136. The van der Waals surface area contributed by atoms with Crippen LogP contribution in [0.2, 0.25) is 5.02 Å². The standard InChI is InChI=1S/C19H18ClF2N3O2/c20-16-11-15(4-5-17(16)22)23-19(27)25-9-7-18(26)24(12-25)8-6-13-2-1-3-14(21)10-13/h1-5,10-11H,6-9,12H2,(H,23,27). The SMILES string of the molecule is O=C1CCN(C(=O)Nc2ccc(F)c(Cl)c2)CN1CCc1cccc(F)c1. The molecule has 1 heterocycles. The molecular weight excluding hydrogens is 376 g/mol. The highest BCUT2D eigenvalue weighted by molar-refractivity contribution is 6.31. The first kappa shape index (κ1) is 19.1. The minimum Gasteiger partial charge on any atom is -0.324 e. The summed E-state index contributed by atoms with van der Waals surface area (Å²) in [4.78, 5) is 27.6. The molecule has 0 spiro atoms. The molecule has 0 unspecified atom stereocenters. The molecule has 3 rings (SSSR count). The maximum atomic E-state index is 13.3. The van der Waals surface area contributed by atoms with E-state index in [-0.39, 0.29) is 36.4 Å². The number of carbonyl (C=O) groups excluding carboxylic acids is 2. The molecule has 0 atom stereocenters. The molecule has 3 amide bonds. The lowest BCUT2D eigenvalue weighted by atomic mass is 10.1. The maximum absolute atomic E-state index is 13.3. The van der Waals surface area contributed by atoms with Crippen molar-refractivity contribution in [2.24, 2.45) is 0 Å². The van der Waals surface area contributed by atoms with Gasteiger partial charge in [-0.1, -0.05) is 23.7 Å². The summed E-state index contributed by atoms with van der Waals surface area (Å²) in [7, 11) is 0. The molecule has 1 aliphatic heterocycles. The van der Waals surface area contributed by atoms with Crippen LogP contribution in [-0.4, -0.2) is 41.5 Å². The average molecular weight is 394 g/mol. The van der Waals surface area contributed by atoms with Crippen LogP contribution in [0.4, 0.5) is 19.3 Å². The van der Waals surface area contributed by atoms with Crippen LogP contribution in [-0.2, 0) is 11.2 Å². The van der Waals surface area contributed by atoms with E-state index in [1.807, 2.05) is 0 Å². The van der Waals surface area contributed by atoms with E-state index in [4.69, 9.17) is 11.6 Å². The first-order valence-electron chi connectivity index (χ1n) is 8.45. The van der Waals surface area contributed by atoms with Gasteiger partial charge in [0.2, 0.25) is 5.91 Å². The van der Waals surface area contributed by atoms with Gasteiger partial charge in [0.15, 0.2) is 0 Å². The second kappa shape index (κ2) is 8.35. The van der Waals surface area contributed by atoms with Crippen LogP contribution in [0.1, 0.15) is 12.0 Å². The average Bonchev–Trinajstić information content (AvgIpc) is 2.64. The van der Waals surface area contributed by atoms with Crippen molar-refractivity contribution in [2.75, 3.05) is 25.1 Å². The number of halogens is 3. The quantitative estimate of drug-likeness (QED) is 0.857. The van der Waals surface area contributed by atoms with Gasteiger partial charge >= 0.3 is 6.03 Å². The van der Waals surface area contributed by atoms with Gasteiger partial charge in [-0.25, -0.2) is 13.6 Å². The van der Waals surface area contributed by atoms with Crippen molar-refractivity contribution in [1.82, 2.24) is 9.80 Å². The Morgan fingerprint density at radius 3 is 2.74 bits per heavy atom. The smallest absolute Gasteiger partial charge is 0.323 e. The summed E-state index contributed by atoms with van der Waals surface area (Å²) < 4.78 is 26.5. The van der Waals surface area contributed by atoms with Gasteiger partial charge in [0.05, 0.1) is 11.7 Å². The van der Waals surface area contributed by atoms with Crippen molar-refractivity contribution in [3.63, 3.8) is 0 Å². The molecule has 2 aromatic carbocycles. The van der Waals surface area contributed by atoms with Gasteiger partial charge in [0.25, 0.3) is 0 Å². The van der Waals surface area contributed by atoms with E-state index >= 15 is 0 Å². The van der Waals surface area contributed by atoms with Gasteiger partial charge in [-0.15, -0.1) is 0 Å². The highest BCUT2D eigenvalue weighted by atomic mass is 35.5. The Bertz CT molecular complexity index is 863. The number of hydrogen-bond acceptors (Lipinski definition) is 2. The van der Waals surface area contributed by atoms with Crippen LogP contribution in [0.15, 0.2) is 42.5 Å². The second-order valence-corrected chi connectivity index (χ2v) is 6.66. The third kappa shape index (κ3) is 4.95. The molecule has 0 aliphatic carbocycles. The Labute approximate surface area is 160 Å². The third-order valence-electron chi connectivity index (χ3n) is 4.31. The summed E-state index contributed by atoms with van der Waals surface area (Å²) in [6.45, 7) is 0.805. The van der Waals surface area contributed by atoms with Crippen molar-refractivity contribution in [3.8, 4) is 0 Å². The Balaban J connectivity index is 1.59. The number of nitrogens with zero attached hydrogens (tertiary/aromatic N) is 2. The largest absolute Gasteiger partial charge is 0.324 e. The van der Waals surface area contributed by atoms with E-state index in [1.165, 1.54) is 35.2 Å². The predicted molar refractivity (Wildman–Crippen MR) is 98.4 cm³/mol. The molecule has 0 radical (unpaired) electrons. The van der Waals surface area contributed by atoms with Crippen LogP contribution < -0.4 is 5.32 Å². The lowest BCUT2D eigenvalue weighted by Gasteiger charge is -2.35. The number of hydrogen-bond donors (Lipinski definition) is 1. The molecule has 142 valence electrons. The van der Waals surface area contributed by atoms with Crippen LogP contribution in [0.5, 0.6) is 0 Å². The van der Waals surface area contributed by atoms with Gasteiger partial charge in [-0.2, -0.15) is 0 Å². The number of benzene rings is 2. The Hall–Kier alpha value is -2.67. The second-order valence-electron chi connectivity index (χ2n) is 6.25. The fraction of sp³-hybridized carbons (Fsp3) is 0.263. The number of carbonyl (C=O) groups is 2. The minimum absolute atomic E-state index is 0.0553. The minimum atomic E-state index is -0.568. The molecule has 27 heavy (non-hydrogen) atoms. The third-order valence-corrected chi connectivity index (χ3v) is 4.60. The molecule has 0 bridgehead atoms. The number of anilines is 1. The maximum Gasteiger partial charge on any atom is 0.323 e. The van der Waals surface area contributed by atoms with E-state index < -0.39 is 11.8 Å². The molecule has 0 aromatic heterocycles. The van der Waals surface area contributed by atoms with E-state index in [0.717, 1.165) is 5.56 Å².